The van der Waals surface area contributed by atoms with Gasteiger partial charge in [0, 0.05) is 12.6 Å². The molecular formula is C12H23NO2. The largest absolute Gasteiger partial charge is 0.469 e. The Labute approximate surface area is 92.6 Å². The summed E-state index contributed by atoms with van der Waals surface area (Å²) in [6, 6.07) is 0.224. The van der Waals surface area contributed by atoms with Crippen LogP contribution in [0, 0.1) is 5.41 Å². The van der Waals surface area contributed by atoms with Crippen LogP contribution in [0.3, 0.4) is 0 Å². The minimum Gasteiger partial charge on any atom is -0.469 e. The average molecular weight is 213 g/mol. The molecule has 0 bridgehead atoms. The third kappa shape index (κ3) is 3.49. The molecule has 0 aromatic heterocycles. The van der Waals surface area contributed by atoms with Gasteiger partial charge in [0.05, 0.1) is 13.5 Å². The van der Waals surface area contributed by atoms with Gasteiger partial charge < -0.3 is 10.1 Å². The first-order valence-electron chi connectivity index (χ1n) is 5.92. The van der Waals surface area contributed by atoms with E-state index >= 15 is 0 Å². The lowest BCUT2D eigenvalue weighted by Gasteiger charge is -2.42. The van der Waals surface area contributed by atoms with E-state index in [4.69, 9.17) is 0 Å². The number of rotatable bonds is 6. The van der Waals surface area contributed by atoms with Gasteiger partial charge in [0.15, 0.2) is 0 Å². The molecule has 1 aliphatic carbocycles. The number of hydrogen-bond donors (Lipinski definition) is 1. The SMILES string of the molecule is CCC1(CNC(C)CC(=O)OC)CCC1. The quantitative estimate of drug-likeness (QED) is 0.687. The van der Waals surface area contributed by atoms with E-state index in [1.165, 1.54) is 32.8 Å². The number of ether oxygens (including phenoxy) is 1. The van der Waals surface area contributed by atoms with Crippen LogP contribution < -0.4 is 5.32 Å². The van der Waals surface area contributed by atoms with Crippen LogP contribution in [0.25, 0.3) is 0 Å². The molecule has 1 N–H and O–H groups in total. The lowest BCUT2D eigenvalue weighted by atomic mass is 9.67. The summed E-state index contributed by atoms with van der Waals surface area (Å²) in [5.41, 5.74) is 0.518. The fourth-order valence-corrected chi connectivity index (χ4v) is 2.13. The van der Waals surface area contributed by atoms with Gasteiger partial charge in [0.2, 0.25) is 0 Å². The number of carbonyl (C=O) groups excluding carboxylic acids is 1. The normalized spacial score (nSPS) is 20.5. The van der Waals surface area contributed by atoms with Crippen molar-refractivity contribution in [2.75, 3.05) is 13.7 Å². The molecule has 0 amide bonds. The summed E-state index contributed by atoms with van der Waals surface area (Å²) in [5.74, 6) is -0.130. The second kappa shape index (κ2) is 5.50. The van der Waals surface area contributed by atoms with Crippen LogP contribution in [0.1, 0.15) is 46.0 Å². The number of hydrogen-bond acceptors (Lipinski definition) is 3. The first-order chi connectivity index (χ1) is 7.12. The summed E-state index contributed by atoms with van der Waals surface area (Å²) in [4.78, 5) is 11.0. The Morgan fingerprint density at radius 2 is 2.20 bits per heavy atom. The van der Waals surface area contributed by atoms with Crippen molar-refractivity contribution >= 4 is 5.97 Å². The van der Waals surface area contributed by atoms with E-state index in [1.807, 2.05) is 6.92 Å². The lowest BCUT2D eigenvalue weighted by molar-refractivity contribution is -0.141. The van der Waals surface area contributed by atoms with Crippen molar-refractivity contribution in [1.82, 2.24) is 5.32 Å². The predicted octanol–water partition coefficient (Wildman–Crippen LogP) is 2.11. The highest BCUT2D eigenvalue weighted by Crippen LogP contribution is 2.43. The molecule has 1 unspecified atom stereocenters. The molecule has 15 heavy (non-hydrogen) atoms. The Morgan fingerprint density at radius 3 is 2.60 bits per heavy atom. The van der Waals surface area contributed by atoms with Crippen LogP contribution in [0.2, 0.25) is 0 Å². The minimum atomic E-state index is -0.130. The molecule has 88 valence electrons. The van der Waals surface area contributed by atoms with Gasteiger partial charge >= 0.3 is 5.97 Å². The van der Waals surface area contributed by atoms with Gasteiger partial charge in [-0.05, 0) is 31.6 Å². The fraction of sp³-hybridized carbons (Fsp3) is 0.917. The van der Waals surface area contributed by atoms with Gasteiger partial charge in [-0.2, -0.15) is 0 Å². The van der Waals surface area contributed by atoms with Crippen molar-refractivity contribution < 1.29 is 9.53 Å². The third-order valence-electron chi connectivity index (χ3n) is 3.69. The van der Waals surface area contributed by atoms with Gasteiger partial charge in [0.1, 0.15) is 0 Å². The topological polar surface area (TPSA) is 38.3 Å². The third-order valence-corrected chi connectivity index (χ3v) is 3.69. The van der Waals surface area contributed by atoms with Crippen molar-refractivity contribution in [3.05, 3.63) is 0 Å². The van der Waals surface area contributed by atoms with Gasteiger partial charge in [-0.25, -0.2) is 0 Å². The van der Waals surface area contributed by atoms with E-state index < -0.39 is 0 Å². The zero-order valence-corrected chi connectivity index (χ0v) is 10.1. The Hall–Kier alpha value is -0.570. The first kappa shape index (κ1) is 12.5. The molecule has 0 aromatic carbocycles. The van der Waals surface area contributed by atoms with Crippen molar-refractivity contribution in [2.24, 2.45) is 5.41 Å². The second-order valence-electron chi connectivity index (χ2n) is 4.77. The molecule has 0 heterocycles. The van der Waals surface area contributed by atoms with Crippen LogP contribution in [-0.4, -0.2) is 25.7 Å². The van der Waals surface area contributed by atoms with Gasteiger partial charge in [-0.3, -0.25) is 4.79 Å². The average Bonchev–Trinajstić information content (AvgIpc) is 2.16. The standard InChI is InChI=1S/C12H23NO2/c1-4-12(6-5-7-12)9-13-10(2)8-11(14)15-3/h10,13H,4-9H2,1-3H3. The van der Waals surface area contributed by atoms with Gasteiger partial charge in [0.25, 0.3) is 0 Å². The Morgan fingerprint density at radius 1 is 1.53 bits per heavy atom. The zero-order chi connectivity index (χ0) is 11.3. The molecule has 1 saturated carbocycles. The van der Waals surface area contributed by atoms with E-state index in [0.29, 0.717) is 11.8 Å². The highest BCUT2D eigenvalue weighted by molar-refractivity contribution is 5.69. The zero-order valence-electron chi connectivity index (χ0n) is 10.1. The Balaban J connectivity index is 2.21. The predicted molar refractivity (Wildman–Crippen MR) is 60.7 cm³/mol. The maximum Gasteiger partial charge on any atom is 0.307 e. The summed E-state index contributed by atoms with van der Waals surface area (Å²) in [6.07, 6.45) is 5.74. The fourth-order valence-electron chi connectivity index (χ4n) is 2.13. The lowest BCUT2D eigenvalue weighted by Crippen LogP contribution is -2.43. The number of carbonyl (C=O) groups is 1. The van der Waals surface area contributed by atoms with E-state index in [-0.39, 0.29) is 12.0 Å². The summed E-state index contributed by atoms with van der Waals surface area (Å²) >= 11 is 0. The monoisotopic (exact) mass is 213 g/mol. The molecule has 0 saturated heterocycles. The summed E-state index contributed by atoms with van der Waals surface area (Å²) in [7, 11) is 1.44. The first-order valence-corrected chi connectivity index (χ1v) is 5.92. The number of nitrogens with one attached hydrogen (secondary N) is 1. The van der Waals surface area contributed by atoms with Crippen molar-refractivity contribution in [3.63, 3.8) is 0 Å². The second-order valence-corrected chi connectivity index (χ2v) is 4.77. The molecule has 0 aliphatic heterocycles. The Bertz CT molecular complexity index is 206. The molecule has 1 atom stereocenters. The van der Waals surface area contributed by atoms with Crippen molar-refractivity contribution in [1.29, 1.82) is 0 Å². The molecule has 3 nitrogen and oxygen atoms in total. The molecule has 0 spiro atoms. The van der Waals surface area contributed by atoms with Crippen LogP contribution >= 0.6 is 0 Å². The molecule has 1 fully saturated rings. The van der Waals surface area contributed by atoms with E-state index in [2.05, 4.69) is 17.0 Å². The molecule has 1 rings (SSSR count). The summed E-state index contributed by atoms with van der Waals surface area (Å²) in [6.45, 7) is 5.34. The van der Waals surface area contributed by atoms with Crippen molar-refractivity contribution in [3.8, 4) is 0 Å². The molecule has 1 aliphatic rings. The Kier molecular flexibility index (Phi) is 4.58. The van der Waals surface area contributed by atoms with E-state index in [1.54, 1.807) is 0 Å². The summed E-state index contributed by atoms with van der Waals surface area (Å²) in [5, 5.41) is 3.44. The van der Waals surface area contributed by atoms with Gasteiger partial charge in [-0.15, -0.1) is 0 Å². The number of methoxy groups -OCH3 is 1. The van der Waals surface area contributed by atoms with Crippen LogP contribution in [-0.2, 0) is 9.53 Å². The minimum absolute atomic E-state index is 0.130. The highest BCUT2D eigenvalue weighted by atomic mass is 16.5. The maximum atomic E-state index is 11.0. The molecular weight excluding hydrogens is 190 g/mol. The molecule has 0 radical (unpaired) electrons. The summed E-state index contributed by atoms with van der Waals surface area (Å²) < 4.78 is 4.64. The maximum absolute atomic E-state index is 11.0. The van der Waals surface area contributed by atoms with Crippen molar-refractivity contribution in [2.45, 2.75) is 52.0 Å². The molecule has 0 aromatic rings. The molecule has 3 heteroatoms. The van der Waals surface area contributed by atoms with Crippen LogP contribution in [0.4, 0.5) is 0 Å². The van der Waals surface area contributed by atoms with Gasteiger partial charge in [-0.1, -0.05) is 13.3 Å². The number of esters is 1. The van der Waals surface area contributed by atoms with E-state index in [9.17, 15) is 4.79 Å². The van der Waals surface area contributed by atoms with Crippen LogP contribution in [0.5, 0.6) is 0 Å². The highest BCUT2D eigenvalue weighted by Gasteiger charge is 2.34. The van der Waals surface area contributed by atoms with Crippen LogP contribution in [0.15, 0.2) is 0 Å². The van der Waals surface area contributed by atoms with E-state index in [0.717, 1.165) is 6.54 Å². The smallest absolute Gasteiger partial charge is 0.307 e.